The number of carbonyl (C=O) groups excluding carboxylic acids is 1. The van der Waals surface area contributed by atoms with Crippen molar-refractivity contribution in [3.05, 3.63) is 75.5 Å². The van der Waals surface area contributed by atoms with Gasteiger partial charge in [0, 0.05) is 17.1 Å². The molecule has 3 aromatic carbocycles. The van der Waals surface area contributed by atoms with Crippen LogP contribution in [0.3, 0.4) is 0 Å². The van der Waals surface area contributed by atoms with Crippen molar-refractivity contribution in [1.82, 2.24) is 4.57 Å². The smallest absolute Gasteiger partial charge is 0.280 e. The minimum atomic E-state index is -0.215. The standard InChI is InChI=1S/C19H13BrN2OS/c1-22-16-10-9-13(20)11-17(16)24-19(22)21-18(23)15-8-4-6-12-5-2-3-7-14(12)15/h2-11H,1H3. The van der Waals surface area contributed by atoms with Crippen molar-refractivity contribution in [2.45, 2.75) is 0 Å². The van der Waals surface area contributed by atoms with Crippen LogP contribution in [-0.2, 0) is 7.05 Å². The average Bonchev–Trinajstić information content (AvgIpc) is 2.89. The Morgan fingerprint density at radius 3 is 2.75 bits per heavy atom. The molecule has 4 aromatic rings. The van der Waals surface area contributed by atoms with Gasteiger partial charge in [-0.1, -0.05) is 63.7 Å². The maximum Gasteiger partial charge on any atom is 0.280 e. The molecule has 0 aliphatic rings. The van der Waals surface area contributed by atoms with E-state index >= 15 is 0 Å². The Hall–Kier alpha value is -2.24. The normalized spacial score (nSPS) is 12.2. The fraction of sp³-hybridized carbons (Fsp3) is 0.0526. The second kappa shape index (κ2) is 6.00. The van der Waals surface area contributed by atoms with Crippen LogP contribution in [0.2, 0.25) is 0 Å². The molecule has 0 fully saturated rings. The zero-order valence-corrected chi connectivity index (χ0v) is 15.3. The quantitative estimate of drug-likeness (QED) is 0.450. The molecule has 24 heavy (non-hydrogen) atoms. The maximum atomic E-state index is 12.7. The molecule has 0 N–H and O–H groups in total. The van der Waals surface area contributed by atoms with Crippen LogP contribution in [0, 0.1) is 0 Å². The molecule has 1 aromatic heterocycles. The SMILES string of the molecule is Cn1c(=NC(=O)c2cccc3ccccc23)sc2cc(Br)ccc21. The molecule has 0 aliphatic carbocycles. The molecule has 5 heteroatoms. The highest BCUT2D eigenvalue weighted by molar-refractivity contribution is 9.10. The Bertz CT molecular complexity index is 1150. The van der Waals surface area contributed by atoms with Crippen LogP contribution in [0.5, 0.6) is 0 Å². The third-order valence-electron chi connectivity index (χ3n) is 3.99. The summed E-state index contributed by atoms with van der Waals surface area (Å²) < 4.78 is 4.07. The van der Waals surface area contributed by atoms with Crippen LogP contribution in [0.1, 0.15) is 10.4 Å². The molecule has 0 saturated carbocycles. The lowest BCUT2D eigenvalue weighted by Gasteiger charge is -2.02. The first-order chi connectivity index (χ1) is 11.6. The third-order valence-corrected chi connectivity index (χ3v) is 5.58. The number of hydrogen-bond acceptors (Lipinski definition) is 2. The van der Waals surface area contributed by atoms with Crippen molar-refractivity contribution in [3.63, 3.8) is 0 Å². The Morgan fingerprint density at radius 1 is 1.08 bits per heavy atom. The van der Waals surface area contributed by atoms with E-state index in [1.165, 1.54) is 11.3 Å². The van der Waals surface area contributed by atoms with E-state index in [4.69, 9.17) is 0 Å². The van der Waals surface area contributed by atoms with E-state index in [-0.39, 0.29) is 5.91 Å². The Kier molecular flexibility index (Phi) is 3.82. The first kappa shape index (κ1) is 15.3. The molecular weight excluding hydrogens is 384 g/mol. The van der Waals surface area contributed by atoms with Gasteiger partial charge in [-0.3, -0.25) is 4.79 Å². The zero-order valence-electron chi connectivity index (χ0n) is 12.9. The maximum absolute atomic E-state index is 12.7. The van der Waals surface area contributed by atoms with Crippen LogP contribution < -0.4 is 4.80 Å². The predicted octanol–water partition coefficient (Wildman–Crippen LogP) is 4.90. The summed E-state index contributed by atoms with van der Waals surface area (Å²) in [5, 5.41) is 1.98. The number of fused-ring (bicyclic) bond motifs is 2. The third kappa shape index (κ3) is 2.60. The van der Waals surface area contributed by atoms with Gasteiger partial charge in [-0.25, -0.2) is 0 Å². The molecule has 1 amide bonds. The fourth-order valence-corrected chi connectivity index (χ4v) is 4.34. The average molecular weight is 397 g/mol. The topological polar surface area (TPSA) is 34.4 Å². The molecule has 118 valence electrons. The van der Waals surface area contributed by atoms with E-state index in [0.29, 0.717) is 10.4 Å². The van der Waals surface area contributed by atoms with Gasteiger partial charge in [-0.05, 0) is 35.0 Å². The summed E-state index contributed by atoms with van der Waals surface area (Å²) in [6.45, 7) is 0. The van der Waals surface area contributed by atoms with Crippen LogP contribution in [0.15, 0.2) is 70.1 Å². The minimum Gasteiger partial charge on any atom is -0.319 e. The summed E-state index contributed by atoms with van der Waals surface area (Å²) in [5.41, 5.74) is 1.69. The van der Waals surface area contributed by atoms with E-state index in [2.05, 4.69) is 20.9 Å². The summed E-state index contributed by atoms with van der Waals surface area (Å²) in [7, 11) is 1.93. The molecule has 3 nitrogen and oxygen atoms in total. The first-order valence-corrected chi connectivity index (χ1v) is 9.06. The molecule has 0 aliphatic heterocycles. The van der Waals surface area contributed by atoms with E-state index in [0.717, 1.165) is 25.5 Å². The van der Waals surface area contributed by atoms with E-state index in [1.807, 2.05) is 72.3 Å². The van der Waals surface area contributed by atoms with Crippen molar-refractivity contribution in [1.29, 1.82) is 0 Å². The van der Waals surface area contributed by atoms with Crippen LogP contribution in [0.4, 0.5) is 0 Å². The van der Waals surface area contributed by atoms with Gasteiger partial charge in [0.1, 0.15) is 0 Å². The van der Waals surface area contributed by atoms with Crippen molar-refractivity contribution >= 4 is 54.2 Å². The summed E-state index contributed by atoms with van der Waals surface area (Å²) >= 11 is 4.99. The molecular formula is C19H13BrN2OS. The van der Waals surface area contributed by atoms with Gasteiger partial charge in [0.05, 0.1) is 10.2 Å². The Balaban J connectivity index is 1.89. The highest BCUT2D eigenvalue weighted by Crippen LogP contribution is 2.22. The van der Waals surface area contributed by atoms with Crippen LogP contribution >= 0.6 is 27.3 Å². The molecule has 0 radical (unpaired) electrons. The lowest BCUT2D eigenvalue weighted by atomic mass is 10.0. The van der Waals surface area contributed by atoms with Crippen molar-refractivity contribution < 1.29 is 4.79 Å². The Labute approximate surface area is 151 Å². The number of thiazole rings is 1. The number of rotatable bonds is 1. The van der Waals surface area contributed by atoms with Gasteiger partial charge >= 0.3 is 0 Å². The van der Waals surface area contributed by atoms with E-state index in [9.17, 15) is 4.79 Å². The number of benzene rings is 3. The number of hydrogen-bond donors (Lipinski definition) is 0. The molecule has 0 atom stereocenters. The molecule has 0 saturated heterocycles. The number of amides is 1. The van der Waals surface area contributed by atoms with Gasteiger partial charge < -0.3 is 4.57 Å². The molecule has 4 rings (SSSR count). The molecule has 0 unspecified atom stereocenters. The number of nitrogens with zero attached hydrogens (tertiary/aromatic N) is 2. The number of carbonyl (C=O) groups is 1. The summed E-state index contributed by atoms with van der Waals surface area (Å²) in [6, 6.07) is 19.7. The minimum absolute atomic E-state index is 0.215. The number of aromatic nitrogens is 1. The zero-order chi connectivity index (χ0) is 16.7. The Morgan fingerprint density at radius 2 is 1.88 bits per heavy atom. The molecule has 0 bridgehead atoms. The van der Waals surface area contributed by atoms with Gasteiger partial charge in [0.25, 0.3) is 5.91 Å². The lowest BCUT2D eigenvalue weighted by Crippen LogP contribution is -2.13. The van der Waals surface area contributed by atoms with Crippen molar-refractivity contribution in [3.8, 4) is 0 Å². The number of halogens is 1. The van der Waals surface area contributed by atoms with Gasteiger partial charge in [0.2, 0.25) is 0 Å². The summed E-state index contributed by atoms with van der Waals surface area (Å²) in [4.78, 5) is 17.8. The largest absolute Gasteiger partial charge is 0.319 e. The van der Waals surface area contributed by atoms with Crippen molar-refractivity contribution in [2.24, 2.45) is 12.0 Å². The second-order valence-corrected chi connectivity index (χ2v) is 7.42. The van der Waals surface area contributed by atoms with Crippen molar-refractivity contribution in [2.75, 3.05) is 0 Å². The molecule has 1 heterocycles. The molecule has 0 spiro atoms. The van der Waals surface area contributed by atoms with E-state index in [1.54, 1.807) is 0 Å². The highest BCUT2D eigenvalue weighted by Gasteiger charge is 2.10. The fourth-order valence-electron chi connectivity index (χ4n) is 2.77. The first-order valence-electron chi connectivity index (χ1n) is 7.45. The summed E-state index contributed by atoms with van der Waals surface area (Å²) in [5.74, 6) is -0.215. The number of aryl methyl sites for hydroxylation is 1. The van der Waals surface area contributed by atoms with E-state index < -0.39 is 0 Å². The van der Waals surface area contributed by atoms with Crippen LogP contribution in [-0.4, -0.2) is 10.5 Å². The summed E-state index contributed by atoms with van der Waals surface area (Å²) in [6.07, 6.45) is 0. The monoisotopic (exact) mass is 396 g/mol. The highest BCUT2D eigenvalue weighted by atomic mass is 79.9. The van der Waals surface area contributed by atoms with Gasteiger partial charge in [0.15, 0.2) is 4.80 Å². The predicted molar refractivity (Wildman–Crippen MR) is 102 cm³/mol. The van der Waals surface area contributed by atoms with Gasteiger partial charge in [-0.15, -0.1) is 0 Å². The van der Waals surface area contributed by atoms with Crippen LogP contribution in [0.25, 0.3) is 21.0 Å². The second-order valence-electron chi connectivity index (χ2n) is 5.50. The van der Waals surface area contributed by atoms with Gasteiger partial charge in [-0.2, -0.15) is 4.99 Å². The lowest BCUT2D eigenvalue weighted by molar-refractivity contribution is 0.0999.